The number of rotatable bonds is 5. The molecule has 0 aliphatic carbocycles. The molecular weight excluding hydrogens is 290 g/mol. The predicted octanol–water partition coefficient (Wildman–Crippen LogP) is 1.59. The van der Waals surface area contributed by atoms with Crippen LogP contribution in [0.1, 0.15) is 13.8 Å². The highest BCUT2D eigenvalue weighted by molar-refractivity contribution is 5.79. The second-order valence-corrected chi connectivity index (χ2v) is 6.42. The van der Waals surface area contributed by atoms with Crippen LogP contribution < -0.4 is 15.0 Å². The van der Waals surface area contributed by atoms with E-state index >= 15 is 0 Å². The summed E-state index contributed by atoms with van der Waals surface area (Å²) in [4.78, 5) is 17.0. The quantitative estimate of drug-likeness (QED) is 0.896. The first-order chi connectivity index (χ1) is 11.2. The number of nitrogens with zero attached hydrogens (tertiary/aromatic N) is 2. The van der Waals surface area contributed by atoms with Gasteiger partial charge >= 0.3 is 0 Å². The molecule has 1 aromatic rings. The van der Waals surface area contributed by atoms with Crippen LogP contribution in [0.3, 0.4) is 0 Å². The van der Waals surface area contributed by atoms with E-state index in [9.17, 15) is 4.79 Å². The molecule has 0 aromatic heterocycles. The van der Waals surface area contributed by atoms with E-state index in [1.165, 1.54) is 0 Å². The molecule has 0 bridgehead atoms. The molecule has 0 spiro atoms. The first-order valence-electron chi connectivity index (χ1n) is 8.67. The van der Waals surface area contributed by atoms with Crippen LogP contribution >= 0.6 is 0 Å². The summed E-state index contributed by atoms with van der Waals surface area (Å²) in [5.74, 6) is 1.90. The number of anilines is 1. The van der Waals surface area contributed by atoms with Crippen LogP contribution in [0, 0.1) is 11.8 Å². The summed E-state index contributed by atoms with van der Waals surface area (Å²) in [6.07, 6.45) is 0. The molecule has 2 saturated heterocycles. The number of benzene rings is 1. The van der Waals surface area contributed by atoms with Gasteiger partial charge in [-0.25, -0.2) is 0 Å². The van der Waals surface area contributed by atoms with Crippen LogP contribution in [0.4, 0.5) is 5.69 Å². The van der Waals surface area contributed by atoms with Gasteiger partial charge in [-0.05, 0) is 38.1 Å². The first-order valence-corrected chi connectivity index (χ1v) is 8.67. The highest BCUT2D eigenvalue weighted by Crippen LogP contribution is 2.29. The van der Waals surface area contributed by atoms with Gasteiger partial charge in [0.05, 0.1) is 12.3 Å². The minimum atomic E-state index is 0.138. The lowest BCUT2D eigenvalue weighted by Crippen LogP contribution is -2.54. The minimum absolute atomic E-state index is 0.138. The number of para-hydroxylation sites is 2. The highest BCUT2D eigenvalue weighted by Gasteiger charge is 2.33. The lowest BCUT2D eigenvalue weighted by atomic mass is 9.88. The van der Waals surface area contributed by atoms with Crippen molar-refractivity contribution in [1.29, 1.82) is 0 Å². The molecule has 1 aromatic carbocycles. The van der Waals surface area contributed by atoms with Crippen molar-refractivity contribution in [2.45, 2.75) is 13.8 Å². The fourth-order valence-corrected chi connectivity index (χ4v) is 3.32. The number of carbonyl (C=O) groups is 1. The summed E-state index contributed by atoms with van der Waals surface area (Å²) in [5, 5.41) is 3.25. The molecule has 2 aliphatic rings. The fraction of sp³-hybridized carbons (Fsp3) is 0.611. The SMILES string of the molecule is CCOc1ccccc1N1CCN(C(=O)C(C)C2CNC2)CC1. The molecule has 5 heteroatoms. The van der Waals surface area contributed by atoms with Crippen LogP contribution in [0.25, 0.3) is 0 Å². The third-order valence-electron chi connectivity index (χ3n) is 5.01. The van der Waals surface area contributed by atoms with Gasteiger partial charge in [0, 0.05) is 32.1 Å². The van der Waals surface area contributed by atoms with E-state index in [1.54, 1.807) is 0 Å². The highest BCUT2D eigenvalue weighted by atomic mass is 16.5. The molecule has 1 amide bonds. The maximum atomic E-state index is 12.6. The van der Waals surface area contributed by atoms with Crippen molar-refractivity contribution in [3.63, 3.8) is 0 Å². The molecule has 3 rings (SSSR count). The Morgan fingerprint density at radius 3 is 2.57 bits per heavy atom. The molecule has 23 heavy (non-hydrogen) atoms. The van der Waals surface area contributed by atoms with E-state index in [0.717, 1.165) is 50.7 Å². The smallest absolute Gasteiger partial charge is 0.225 e. The van der Waals surface area contributed by atoms with E-state index in [2.05, 4.69) is 23.2 Å². The van der Waals surface area contributed by atoms with Gasteiger partial charge in [0.2, 0.25) is 5.91 Å². The zero-order chi connectivity index (χ0) is 16.2. The monoisotopic (exact) mass is 317 g/mol. The maximum absolute atomic E-state index is 12.6. The molecule has 0 saturated carbocycles. The first kappa shape index (κ1) is 16.1. The lowest BCUT2D eigenvalue weighted by molar-refractivity contribution is -0.137. The average molecular weight is 317 g/mol. The van der Waals surface area contributed by atoms with Gasteiger partial charge in [0.25, 0.3) is 0 Å². The van der Waals surface area contributed by atoms with Crippen LogP contribution in [-0.2, 0) is 4.79 Å². The molecule has 1 atom stereocenters. The second-order valence-electron chi connectivity index (χ2n) is 6.42. The Hall–Kier alpha value is -1.75. The summed E-state index contributed by atoms with van der Waals surface area (Å²) in [5.41, 5.74) is 1.14. The number of carbonyl (C=O) groups excluding carboxylic acids is 1. The van der Waals surface area contributed by atoms with Crippen molar-refractivity contribution >= 4 is 11.6 Å². The summed E-state index contributed by atoms with van der Waals surface area (Å²) < 4.78 is 5.73. The standard InChI is InChI=1S/C18H27N3O2/c1-3-23-17-7-5-4-6-16(17)20-8-10-21(11-9-20)18(22)14(2)15-12-19-13-15/h4-7,14-15,19H,3,8-13H2,1-2H3. The second kappa shape index (κ2) is 7.21. The van der Waals surface area contributed by atoms with Crippen molar-refractivity contribution in [2.24, 2.45) is 11.8 Å². The Bertz CT molecular complexity index is 537. The van der Waals surface area contributed by atoms with Gasteiger partial charge in [0.15, 0.2) is 0 Å². The Morgan fingerprint density at radius 2 is 1.96 bits per heavy atom. The van der Waals surface area contributed by atoms with E-state index < -0.39 is 0 Å². The van der Waals surface area contributed by atoms with Crippen molar-refractivity contribution in [2.75, 3.05) is 50.8 Å². The number of ether oxygens (including phenoxy) is 1. The van der Waals surface area contributed by atoms with Crippen molar-refractivity contribution < 1.29 is 9.53 Å². The average Bonchev–Trinajstić information content (AvgIpc) is 2.53. The van der Waals surface area contributed by atoms with Gasteiger partial charge in [-0.3, -0.25) is 4.79 Å². The zero-order valence-corrected chi connectivity index (χ0v) is 14.1. The summed E-state index contributed by atoms with van der Waals surface area (Å²) >= 11 is 0. The molecule has 1 N–H and O–H groups in total. The third-order valence-corrected chi connectivity index (χ3v) is 5.01. The van der Waals surface area contributed by atoms with Crippen LogP contribution in [0.2, 0.25) is 0 Å². The van der Waals surface area contributed by atoms with Gasteiger partial charge < -0.3 is 19.9 Å². The zero-order valence-electron chi connectivity index (χ0n) is 14.1. The van der Waals surface area contributed by atoms with E-state index in [0.29, 0.717) is 18.4 Å². The summed E-state index contributed by atoms with van der Waals surface area (Å²) in [6.45, 7) is 10.0. The predicted molar refractivity (Wildman–Crippen MR) is 91.9 cm³/mol. The van der Waals surface area contributed by atoms with Crippen LogP contribution in [-0.4, -0.2) is 56.7 Å². The maximum Gasteiger partial charge on any atom is 0.225 e. The Morgan fingerprint density at radius 1 is 1.26 bits per heavy atom. The van der Waals surface area contributed by atoms with Crippen molar-refractivity contribution in [3.05, 3.63) is 24.3 Å². The van der Waals surface area contributed by atoms with Gasteiger partial charge in [-0.15, -0.1) is 0 Å². The molecule has 0 radical (unpaired) electrons. The molecule has 1 unspecified atom stereocenters. The molecule has 2 fully saturated rings. The lowest BCUT2D eigenvalue weighted by Gasteiger charge is -2.40. The normalized spacial score (nSPS) is 20.1. The van der Waals surface area contributed by atoms with E-state index in [1.807, 2.05) is 30.0 Å². The Balaban J connectivity index is 1.59. The number of piperazine rings is 1. The number of hydrogen-bond donors (Lipinski definition) is 1. The Labute approximate surface area is 138 Å². The summed E-state index contributed by atoms with van der Waals surface area (Å²) in [7, 11) is 0. The molecule has 126 valence electrons. The van der Waals surface area contributed by atoms with Gasteiger partial charge in [-0.2, -0.15) is 0 Å². The molecule has 5 nitrogen and oxygen atoms in total. The number of amides is 1. The fourth-order valence-electron chi connectivity index (χ4n) is 3.32. The van der Waals surface area contributed by atoms with Crippen molar-refractivity contribution in [3.8, 4) is 5.75 Å². The van der Waals surface area contributed by atoms with Crippen LogP contribution in [0.5, 0.6) is 5.75 Å². The van der Waals surface area contributed by atoms with Crippen LogP contribution in [0.15, 0.2) is 24.3 Å². The number of hydrogen-bond acceptors (Lipinski definition) is 4. The summed E-state index contributed by atoms with van der Waals surface area (Å²) in [6, 6.07) is 8.16. The Kier molecular flexibility index (Phi) is 5.06. The third kappa shape index (κ3) is 3.44. The van der Waals surface area contributed by atoms with Gasteiger partial charge in [0.1, 0.15) is 5.75 Å². The largest absolute Gasteiger partial charge is 0.492 e. The molecule has 2 aliphatic heterocycles. The number of nitrogens with one attached hydrogen (secondary N) is 1. The van der Waals surface area contributed by atoms with E-state index in [-0.39, 0.29) is 5.92 Å². The minimum Gasteiger partial charge on any atom is -0.492 e. The molecular formula is C18H27N3O2. The van der Waals surface area contributed by atoms with E-state index in [4.69, 9.17) is 4.74 Å². The topological polar surface area (TPSA) is 44.8 Å². The van der Waals surface area contributed by atoms with Crippen molar-refractivity contribution in [1.82, 2.24) is 10.2 Å². The van der Waals surface area contributed by atoms with Gasteiger partial charge in [-0.1, -0.05) is 19.1 Å². The molecule has 2 heterocycles.